The average molecular weight is 579 g/mol. The number of carbonyl (C=O) groups is 2. The monoisotopic (exact) mass is 577 g/mol. The highest BCUT2D eigenvalue weighted by molar-refractivity contribution is 9.10. The van der Waals surface area contributed by atoms with Gasteiger partial charge >= 0.3 is 0 Å². The van der Waals surface area contributed by atoms with Crippen LogP contribution in [0.2, 0.25) is 0 Å². The molecule has 0 aliphatic heterocycles. The number of halogens is 1. The average Bonchev–Trinajstić information content (AvgIpc) is 3.34. The first-order chi connectivity index (χ1) is 17.1. The molecule has 7 nitrogen and oxygen atoms in total. The number of hydrogen-bond acceptors (Lipinski definition) is 4. The van der Waals surface area contributed by atoms with Crippen molar-refractivity contribution in [1.82, 2.24) is 10.2 Å². The van der Waals surface area contributed by atoms with E-state index in [0.717, 1.165) is 41.3 Å². The quantitative estimate of drug-likeness (QED) is 0.416. The van der Waals surface area contributed by atoms with E-state index in [9.17, 15) is 18.0 Å². The first-order valence-electron chi connectivity index (χ1n) is 12.4. The summed E-state index contributed by atoms with van der Waals surface area (Å²) in [5.41, 5.74) is 2.39. The summed E-state index contributed by atoms with van der Waals surface area (Å²) in [5, 5.41) is 3.10. The first kappa shape index (κ1) is 28.2. The molecule has 0 heterocycles. The molecule has 0 aromatic heterocycles. The fourth-order valence-corrected chi connectivity index (χ4v) is 5.87. The van der Waals surface area contributed by atoms with Crippen LogP contribution < -0.4 is 9.62 Å². The predicted molar refractivity (Wildman–Crippen MR) is 147 cm³/mol. The molecule has 1 atom stereocenters. The summed E-state index contributed by atoms with van der Waals surface area (Å²) in [6.45, 7) is 4.11. The molecule has 0 unspecified atom stereocenters. The van der Waals surface area contributed by atoms with Crippen LogP contribution in [0.4, 0.5) is 5.69 Å². The lowest BCUT2D eigenvalue weighted by atomic mass is 10.1. The van der Waals surface area contributed by atoms with Gasteiger partial charge in [0.15, 0.2) is 0 Å². The number of amides is 2. The molecule has 2 aromatic carbocycles. The lowest BCUT2D eigenvalue weighted by Crippen LogP contribution is -2.49. The van der Waals surface area contributed by atoms with Gasteiger partial charge in [0, 0.05) is 30.0 Å². The van der Waals surface area contributed by atoms with Gasteiger partial charge in [0.1, 0.15) is 6.04 Å². The van der Waals surface area contributed by atoms with Crippen LogP contribution >= 0.6 is 15.9 Å². The van der Waals surface area contributed by atoms with E-state index in [0.29, 0.717) is 18.7 Å². The van der Waals surface area contributed by atoms with Crippen LogP contribution in [0.5, 0.6) is 0 Å². The number of benzene rings is 2. The molecule has 0 bridgehead atoms. The van der Waals surface area contributed by atoms with Crippen LogP contribution in [0.25, 0.3) is 0 Å². The summed E-state index contributed by atoms with van der Waals surface area (Å²) in [4.78, 5) is 28.0. The van der Waals surface area contributed by atoms with E-state index in [4.69, 9.17) is 0 Å². The number of aryl methyl sites for hydroxylation is 1. The zero-order valence-electron chi connectivity index (χ0n) is 21.2. The summed E-state index contributed by atoms with van der Waals surface area (Å²) in [6, 6.07) is 14.5. The molecule has 3 rings (SSSR count). The third-order valence-corrected chi connectivity index (χ3v) is 8.38. The van der Waals surface area contributed by atoms with E-state index in [2.05, 4.69) is 21.2 Å². The Morgan fingerprint density at radius 3 is 2.33 bits per heavy atom. The highest BCUT2D eigenvalue weighted by Crippen LogP contribution is 2.23. The fourth-order valence-electron chi connectivity index (χ4n) is 4.59. The molecule has 0 spiro atoms. The normalized spacial score (nSPS) is 14.9. The molecule has 2 aromatic rings. The summed E-state index contributed by atoms with van der Waals surface area (Å²) < 4.78 is 27.3. The topological polar surface area (TPSA) is 86.8 Å². The Hall–Kier alpha value is -2.39. The summed E-state index contributed by atoms with van der Waals surface area (Å²) in [7, 11) is -3.51. The van der Waals surface area contributed by atoms with E-state index in [1.807, 2.05) is 43.3 Å². The molecule has 1 saturated carbocycles. The Balaban J connectivity index is 1.72. The van der Waals surface area contributed by atoms with Gasteiger partial charge in [0.25, 0.3) is 0 Å². The molecule has 1 N–H and O–H groups in total. The zero-order chi connectivity index (χ0) is 26.3. The van der Waals surface area contributed by atoms with Gasteiger partial charge in [-0.05, 0) is 62.4 Å². The minimum atomic E-state index is -3.51. The van der Waals surface area contributed by atoms with Crippen molar-refractivity contribution in [2.75, 3.05) is 17.1 Å². The van der Waals surface area contributed by atoms with E-state index in [1.165, 1.54) is 10.6 Å². The molecule has 1 fully saturated rings. The van der Waals surface area contributed by atoms with Crippen LogP contribution in [-0.4, -0.2) is 50.0 Å². The third-order valence-electron chi connectivity index (χ3n) is 6.67. The second-order valence-electron chi connectivity index (χ2n) is 9.54. The first-order valence-corrected chi connectivity index (χ1v) is 15.1. The van der Waals surface area contributed by atoms with Gasteiger partial charge in [-0.15, -0.1) is 0 Å². The predicted octanol–water partition coefficient (Wildman–Crippen LogP) is 4.78. The van der Waals surface area contributed by atoms with E-state index < -0.39 is 16.1 Å². The molecule has 196 valence electrons. The number of sulfonamides is 1. The van der Waals surface area contributed by atoms with Crippen molar-refractivity contribution in [3.8, 4) is 0 Å². The second kappa shape index (κ2) is 12.7. The zero-order valence-corrected chi connectivity index (χ0v) is 23.6. The van der Waals surface area contributed by atoms with Gasteiger partial charge in [0.2, 0.25) is 21.8 Å². The Bertz CT molecular complexity index is 1150. The van der Waals surface area contributed by atoms with E-state index in [-0.39, 0.29) is 30.8 Å². The van der Waals surface area contributed by atoms with E-state index >= 15 is 0 Å². The van der Waals surface area contributed by atoms with Gasteiger partial charge in [-0.3, -0.25) is 13.9 Å². The van der Waals surface area contributed by atoms with E-state index in [1.54, 1.807) is 24.0 Å². The van der Waals surface area contributed by atoms with Crippen molar-refractivity contribution in [3.63, 3.8) is 0 Å². The van der Waals surface area contributed by atoms with Crippen molar-refractivity contribution >= 4 is 43.5 Å². The number of carbonyl (C=O) groups excluding carboxylic acids is 2. The number of anilines is 1. The fraction of sp³-hybridized carbons (Fsp3) is 0.481. The smallest absolute Gasteiger partial charge is 0.242 e. The molecular formula is C27H36BrN3O4S. The summed E-state index contributed by atoms with van der Waals surface area (Å²) in [5.74, 6) is -0.324. The number of rotatable bonds is 11. The van der Waals surface area contributed by atoms with Crippen molar-refractivity contribution in [2.24, 2.45) is 0 Å². The molecular weight excluding hydrogens is 542 g/mol. The van der Waals surface area contributed by atoms with Crippen molar-refractivity contribution < 1.29 is 18.0 Å². The maximum atomic E-state index is 13.4. The SMILES string of the molecule is Cc1ccccc1N(CCCC(=O)N(Cc1ccc(Br)cc1)[C@H](C)C(=O)NC1CCCC1)S(C)(=O)=O. The Morgan fingerprint density at radius 1 is 1.08 bits per heavy atom. The van der Waals surface area contributed by atoms with Crippen molar-refractivity contribution in [2.45, 2.75) is 71.0 Å². The molecule has 9 heteroatoms. The second-order valence-corrected chi connectivity index (χ2v) is 12.4. The number of nitrogens with one attached hydrogen (secondary N) is 1. The standard InChI is InChI=1S/C27H36BrN3O4S/c1-20-9-4-7-12-25(20)31(36(3,34)35)18-8-13-26(32)30(19-22-14-16-23(28)17-15-22)21(2)27(33)29-24-10-5-6-11-24/h4,7,9,12,14-17,21,24H,5-6,8,10-11,13,18-19H2,1-3H3,(H,29,33)/t21-/m1/s1. The summed E-state index contributed by atoms with van der Waals surface area (Å²) >= 11 is 3.43. The van der Waals surface area contributed by atoms with Crippen LogP contribution in [0.1, 0.15) is 56.6 Å². The Labute approximate surface area is 223 Å². The molecule has 36 heavy (non-hydrogen) atoms. The maximum Gasteiger partial charge on any atom is 0.242 e. The minimum absolute atomic E-state index is 0.134. The van der Waals surface area contributed by atoms with Gasteiger partial charge in [-0.1, -0.05) is 59.1 Å². The molecule has 1 aliphatic carbocycles. The number of nitrogens with zero attached hydrogens (tertiary/aromatic N) is 2. The maximum absolute atomic E-state index is 13.4. The summed E-state index contributed by atoms with van der Waals surface area (Å²) in [6.07, 6.45) is 5.82. The van der Waals surface area contributed by atoms with Crippen LogP contribution in [0.3, 0.4) is 0 Å². The Morgan fingerprint density at radius 2 is 1.72 bits per heavy atom. The highest BCUT2D eigenvalue weighted by Gasteiger charge is 2.28. The Kier molecular flexibility index (Phi) is 9.96. The third kappa shape index (κ3) is 7.80. The van der Waals surface area contributed by atoms with Crippen molar-refractivity contribution in [3.05, 3.63) is 64.1 Å². The highest BCUT2D eigenvalue weighted by atomic mass is 79.9. The number of para-hydroxylation sites is 1. The van der Waals surface area contributed by atoms with Crippen LogP contribution in [0, 0.1) is 6.92 Å². The van der Waals surface area contributed by atoms with Crippen LogP contribution in [0.15, 0.2) is 53.0 Å². The van der Waals surface area contributed by atoms with Gasteiger partial charge in [-0.2, -0.15) is 0 Å². The van der Waals surface area contributed by atoms with Gasteiger partial charge in [0.05, 0.1) is 11.9 Å². The number of hydrogen-bond donors (Lipinski definition) is 1. The van der Waals surface area contributed by atoms with Gasteiger partial charge in [-0.25, -0.2) is 8.42 Å². The molecule has 2 amide bonds. The van der Waals surface area contributed by atoms with Crippen molar-refractivity contribution in [1.29, 1.82) is 0 Å². The lowest BCUT2D eigenvalue weighted by Gasteiger charge is -2.30. The molecule has 0 radical (unpaired) electrons. The minimum Gasteiger partial charge on any atom is -0.352 e. The molecule has 0 saturated heterocycles. The lowest BCUT2D eigenvalue weighted by molar-refractivity contribution is -0.141. The van der Waals surface area contributed by atoms with Crippen LogP contribution in [-0.2, 0) is 26.2 Å². The largest absolute Gasteiger partial charge is 0.352 e. The molecule has 1 aliphatic rings. The van der Waals surface area contributed by atoms with Gasteiger partial charge < -0.3 is 10.2 Å².